The molecule has 0 bridgehead atoms. The molecule has 1 rings (SSSR count). The Balaban J connectivity index is 1.94. The van der Waals surface area contributed by atoms with E-state index < -0.39 is 7.12 Å². The lowest BCUT2D eigenvalue weighted by Gasteiger charge is -2.06. The summed E-state index contributed by atoms with van der Waals surface area (Å²) in [6.45, 7) is 2.00. The van der Waals surface area contributed by atoms with E-state index in [0.717, 1.165) is 25.9 Å². The van der Waals surface area contributed by atoms with Crippen LogP contribution < -0.4 is 16.5 Å². The van der Waals surface area contributed by atoms with Crippen molar-refractivity contribution in [3.05, 3.63) is 29.8 Å². The van der Waals surface area contributed by atoms with Crippen molar-refractivity contribution in [2.24, 2.45) is 5.73 Å². The van der Waals surface area contributed by atoms with Crippen LogP contribution in [0.4, 0.5) is 0 Å². The standard InChI is InChI=1S/C20H35BN2O3/c22-15-9-7-5-3-1-2-4-6-8-10-16-23-17-20(24)18-11-13-19(14-12-18)21(25)26/h11-14,23,25-26H,1-10,15-17,22H2. The predicted octanol–water partition coefficient (Wildman–Crippen LogP) is 2.00. The van der Waals surface area contributed by atoms with E-state index in [1.54, 1.807) is 24.3 Å². The lowest BCUT2D eigenvalue weighted by Crippen LogP contribution is -2.30. The summed E-state index contributed by atoms with van der Waals surface area (Å²) >= 11 is 0. The van der Waals surface area contributed by atoms with E-state index in [-0.39, 0.29) is 5.78 Å². The lowest BCUT2D eigenvalue weighted by molar-refractivity contribution is 0.0991. The molecule has 6 heteroatoms. The van der Waals surface area contributed by atoms with E-state index in [1.807, 2.05) is 0 Å². The third-order valence-electron chi connectivity index (χ3n) is 4.62. The van der Waals surface area contributed by atoms with Crippen molar-refractivity contribution in [1.29, 1.82) is 0 Å². The number of ketones is 1. The average Bonchev–Trinajstić information content (AvgIpc) is 2.65. The molecule has 0 heterocycles. The summed E-state index contributed by atoms with van der Waals surface area (Å²) in [5.41, 5.74) is 6.46. The molecule has 26 heavy (non-hydrogen) atoms. The second-order valence-electron chi connectivity index (χ2n) is 6.92. The van der Waals surface area contributed by atoms with Crippen LogP contribution in [0.2, 0.25) is 0 Å². The summed E-state index contributed by atoms with van der Waals surface area (Å²) in [5, 5.41) is 21.3. The highest BCUT2D eigenvalue weighted by Crippen LogP contribution is 2.10. The second kappa shape index (κ2) is 14.9. The molecule has 1 aromatic carbocycles. The first-order valence-electron chi connectivity index (χ1n) is 10.0. The summed E-state index contributed by atoms with van der Waals surface area (Å²) in [6.07, 6.45) is 12.6. The van der Waals surface area contributed by atoms with Gasteiger partial charge in [-0.15, -0.1) is 0 Å². The Bertz CT molecular complexity index is 480. The van der Waals surface area contributed by atoms with Gasteiger partial charge in [-0.25, -0.2) is 0 Å². The van der Waals surface area contributed by atoms with Crippen LogP contribution in [0.1, 0.15) is 74.6 Å². The molecule has 0 saturated carbocycles. The second-order valence-corrected chi connectivity index (χ2v) is 6.92. The molecule has 0 amide bonds. The average molecular weight is 362 g/mol. The number of carbonyl (C=O) groups excluding carboxylic acids is 1. The molecule has 0 saturated heterocycles. The molecule has 0 radical (unpaired) electrons. The summed E-state index contributed by atoms with van der Waals surface area (Å²) < 4.78 is 0. The molecule has 0 aliphatic heterocycles. The quantitative estimate of drug-likeness (QED) is 0.205. The van der Waals surface area contributed by atoms with Crippen molar-refractivity contribution in [2.45, 2.75) is 64.2 Å². The maximum absolute atomic E-state index is 12.0. The smallest absolute Gasteiger partial charge is 0.423 e. The third-order valence-corrected chi connectivity index (χ3v) is 4.62. The van der Waals surface area contributed by atoms with Crippen LogP contribution in [-0.2, 0) is 0 Å². The van der Waals surface area contributed by atoms with Crippen molar-refractivity contribution in [2.75, 3.05) is 19.6 Å². The zero-order valence-corrected chi connectivity index (χ0v) is 16.0. The maximum Gasteiger partial charge on any atom is 0.488 e. The van der Waals surface area contributed by atoms with Crippen LogP contribution in [0, 0.1) is 0 Å². The van der Waals surface area contributed by atoms with Gasteiger partial charge in [-0.2, -0.15) is 0 Å². The number of hydrogen-bond acceptors (Lipinski definition) is 5. The number of nitrogens with two attached hydrogens (primary N) is 1. The first-order chi connectivity index (χ1) is 12.6. The van der Waals surface area contributed by atoms with Crippen LogP contribution in [0.5, 0.6) is 0 Å². The van der Waals surface area contributed by atoms with Crippen molar-refractivity contribution in [3.8, 4) is 0 Å². The van der Waals surface area contributed by atoms with Gasteiger partial charge in [0.05, 0.1) is 6.54 Å². The fraction of sp³-hybridized carbons (Fsp3) is 0.650. The van der Waals surface area contributed by atoms with Gasteiger partial charge in [0.25, 0.3) is 0 Å². The van der Waals surface area contributed by atoms with Crippen LogP contribution in [0.15, 0.2) is 24.3 Å². The maximum atomic E-state index is 12.0. The number of hydrogen-bond donors (Lipinski definition) is 4. The van der Waals surface area contributed by atoms with Crippen LogP contribution in [0.25, 0.3) is 0 Å². The van der Waals surface area contributed by atoms with Gasteiger partial charge >= 0.3 is 7.12 Å². The zero-order valence-electron chi connectivity index (χ0n) is 16.0. The van der Waals surface area contributed by atoms with E-state index in [1.165, 1.54) is 51.4 Å². The minimum Gasteiger partial charge on any atom is -0.423 e. The first kappa shape index (κ1) is 22.8. The highest BCUT2D eigenvalue weighted by atomic mass is 16.4. The van der Waals surface area contributed by atoms with Crippen LogP contribution >= 0.6 is 0 Å². The fourth-order valence-corrected chi connectivity index (χ4v) is 2.95. The Hall–Kier alpha value is -1.21. The molecule has 146 valence electrons. The first-order valence-corrected chi connectivity index (χ1v) is 10.0. The van der Waals surface area contributed by atoms with E-state index in [2.05, 4.69) is 5.32 Å². The van der Waals surface area contributed by atoms with E-state index in [9.17, 15) is 4.79 Å². The van der Waals surface area contributed by atoms with E-state index >= 15 is 0 Å². The third kappa shape index (κ3) is 10.7. The minimum atomic E-state index is -1.49. The zero-order chi connectivity index (χ0) is 19.0. The molecule has 0 fully saturated rings. The molecule has 0 unspecified atom stereocenters. The molecule has 5 N–H and O–H groups in total. The topological polar surface area (TPSA) is 95.6 Å². The Labute approximate surface area is 158 Å². The van der Waals surface area contributed by atoms with E-state index in [4.69, 9.17) is 15.8 Å². The molecular formula is C20H35BN2O3. The number of Topliss-reactive ketones (excluding diaryl/α,β-unsaturated/α-hetero) is 1. The van der Waals surface area contributed by atoms with Crippen molar-refractivity contribution in [1.82, 2.24) is 5.32 Å². The number of unbranched alkanes of at least 4 members (excludes halogenated alkanes) is 9. The monoisotopic (exact) mass is 362 g/mol. The molecule has 0 aliphatic rings. The Morgan fingerprint density at radius 1 is 0.846 bits per heavy atom. The summed E-state index contributed by atoms with van der Waals surface area (Å²) in [6, 6.07) is 6.40. The highest BCUT2D eigenvalue weighted by molar-refractivity contribution is 6.58. The van der Waals surface area contributed by atoms with Gasteiger partial charge in [0.1, 0.15) is 0 Å². The van der Waals surface area contributed by atoms with Crippen molar-refractivity contribution < 1.29 is 14.8 Å². The van der Waals surface area contributed by atoms with Gasteiger partial charge in [0.2, 0.25) is 0 Å². The van der Waals surface area contributed by atoms with Gasteiger partial charge in [-0.3, -0.25) is 4.79 Å². The van der Waals surface area contributed by atoms with Crippen molar-refractivity contribution in [3.63, 3.8) is 0 Å². The SMILES string of the molecule is NCCCCCCCCCCCCNCC(=O)c1ccc(B(O)O)cc1. The Kier molecular flexibility index (Phi) is 13.1. The largest absolute Gasteiger partial charge is 0.488 e. The van der Waals surface area contributed by atoms with Gasteiger partial charge in [0.15, 0.2) is 5.78 Å². The number of nitrogens with one attached hydrogen (secondary N) is 1. The molecule has 5 nitrogen and oxygen atoms in total. The van der Waals surface area contributed by atoms with Gasteiger partial charge in [-0.1, -0.05) is 75.6 Å². The lowest BCUT2D eigenvalue weighted by atomic mass is 9.80. The summed E-state index contributed by atoms with van der Waals surface area (Å²) in [7, 11) is -1.49. The molecule has 0 spiro atoms. The van der Waals surface area contributed by atoms with Crippen molar-refractivity contribution >= 4 is 18.4 Å². The number of benzene rings is 1. The van der Waals surface area contributed by atoms with Gasteiger partial charge < -0.3 is 21.1 Å². The van der Waals surface area contributed by atoms with Crippen LogP contribution in [-0.4, -0.2) is 42.6 Å². The molecule has 0 atom stereocenters. The predicted molar refractivity (Wildman–Crippen MR) is 109 cm³/mol. The minimum absolute atomic E-state index is 0.0265. The molecule has 0 aromatic heterocycles. The molecule has 1 aromatic rings. The highest BCUT2D eigenvalue weighted by Gasteiger charge is 2.11. The Morgan fingerprint density at radius 2 is 1.35 bits per heavy atom. The molecule has 0 aliphatic carbocycles. The number of carbonyl (C=O) groups is 1. The number of rotatable bonds is 16. The summed E-state index contributed by atoms with van der Waals surface area (Å²) in [5.74, 6) is 0.0265. The fourth-order valence-electron chi connectivity index (χ4n) is 2.95. The van der Waals surface area contributed by atoms with Gasteiger partial charge in [-0.05, 0) is 31.4 Å². The van der Waals surface area contributed by atoms with Crippen LogP contribution in [0.3, 0.4) is 0 Å². The normalized spacial score (nSPS) is 10.9. The van der Waals surface area contributed by atoms with Gasteiger partial charge in [0, 0.05) is 5.56 Å². The Morgan fingerprint density at radius 3 is 1.85 bits per heavy atom. The summed E-state index contributed by atoms with van der Waals surface area (Å²) in [4.78, 5) is 12.0. The molecular weight excluding hydrogens is 327 g/mol. The van der Waals surface area contributed by atoms with E-state index in [0.29, 0.717) is 17.6 Å².